The number of rotatable bonds is 2. The van der Waals surface area contributed by atoms with E-state index in [1.165, 1.54) is 4.90 Å². The van der Waals surface area contributed by atoms with Gasteiger partial charge in [-0.1, -0.05) is 0 Å². The van der Waals surface area contributed by atoms with Gasteiger partial charge in [0.1, 0.15) is 11.6 Å². The highest BCUT2D eigenvalue weighted by atomic mass is 16.6. The van der Waals surface area contributed by atoms with Crippen LogP contribution < -0.4 is 0 Å². The molecule has 2 fully saturated rings. The van der Waals surface area contributed by atoms with E-state index in [0.717, 1.165) is 12.8 Å². The van der Waals surface area contributed by atoms with Crippen LogP contribution in [0.3, 0.4) is 0 Å². The van der Waals surface area contributed by atoms with Gasteiger partial charge >= 0.3 is 6.09 Å². The molecule has 2 aliphatic heterocycles. The maximum absolute atomic E-state index is 12.6. The molecule has 7 heteroatoms. The van der Waals surface area contributed by atoms with E-state index in [9.17, 15) is 14.4 Å². The van der Waals surface area contributed by atoms with Gasteiger partial charge in [-0.05, 0) is 33.6 Å². The Labute approximate surface area is 131 Å². The lowest BCUT2D eigenvalue weighted by atomic mass is 10.0. The fourth-order valence-electron chi connectivity index (χ4n) is 2.66. The maximum atomic E-state index is 12.6. The van der Waals surface area contributed by atoms with Crippen molar-refractivity contribution in [3.63, 3.8) is 0 Å². The van der Waals surface area contributed by atoms with Crippen LogP contribution in [-0.4, -0.2) is 77.5 Å². The Hall–Kier alpha value is -1.79. The second kappa shape index (κ2) is 6.54. The molecule has 0 spiro atoms. The van der Waals surface area contributed by atoms with E-state index in [2.05, 4.69) is 0 Å². The molecule has 124 valence electrons. The van der Waals surface area contributed by atoms with Crippen molar-refractivity contribution in [3.8, 4) is 0 Å². The molecule has 2 aliphatic rings. The zero-order valence-electron chi connectivity index (χ0n) is 13.6. The first kappa shape index (κ1) is 16.6. The summed E-state index contributed by atoms with van der Waals surface area (Å²) in [6.07, 6.45) is 1.83. The summed E-state index contributed by atoms with van der Waals surface area (Å²) < 4.78 is 5.33. The number of carbonyl (C=O) groups is 3. The highest BCUT2D eigenvalue weighted by molar-refractivity contribution is 5.87. The zero-order chi connectivity index (χ0) is 16.3. The van der Waals surface area contributed by atoms with E-state index in [0.29, 0.717) is 39.1 Å². The molecule has 0 unspecified atom stereocenters. The predicted octanol–water partition coefficient (Wildman–Crippen LogP) is 0.687. The van der Waals surface area contributed by atoms with E-state index in [1.807, 2.05) is 20.8 Å². The smallest absolute Gasteiger partial charge is 0.410 e. The summed E-state index contributed by atoms with van der Waals surface area (Å²) in [5, 5.41) is 0. The normalized spacial score (nSPS) is 22.7. The molecule has 7 nitrogen and oxygen atoms in total. The minimum atomic E-state index is -0.562. The fraction of sp³-hybridized carbons (Fsp3) is 0.800. The van der Waals surface area contributed by atoms with Crippen molar-refractivity contribution in [3.05, 3.63) is 0 Å². The molecule has 2 saturated heterocycles. The molecular formula is C15H25N3O4. The van der Waals surface area contributed by atoms with Crippen LogP contribution in [0.15, 0.2) is 0 Å². The third-order valence-corrected chi connectivity index (χ3v) is 3.92. The Kier molecular flexibility index (Phi) is 4.93. The number of hydrogen-bond acceptors (Lipinski definition) is 4. The SMILES string of the molecule is CC(C)(C)OC(=O)N1CC[C@@H]1C(=O)N1CCCN(C=O)CC1. The molecule has 0 aromatic carbocycles. The van der Waals surface area contributed by atoms with Crippen molar-refractivity contribution in [2.45, 2.75) is 45.3 Å². The number of hydrogen-bond donors (Lipinski definition) is 0. The van der Waals surface area contributed by atoms with Gasteiger partial charge in [0.15, 0.2) is 0 Å². The third-order valence-electron chi connectivity index (χ3n) is 3.92. The monoisotopic (exact) mass is 311 g/mol. The molecule has 0 bridgehead atoms. The van der Waals surface area contributed by atoms with Crippen molar-refractivity contribution in [2.75, 3.05) is 32.7 Å². The van der Waals surface area contributed by atoms with Gasteiger partial charge in [0.05, 0.1) is 0 Å². The lowest BCUT2D eigenvalue weighted by Crippen LogP contribution is -2.60. The number of amides is 3. The van der Waals surface area contributed by atoms with Crippen LogP contribution in [-0.2, 0) is 14.3 Å². The summed E-state index contributed by atoms with van der Waals surface area (Å²) in [6, 6.07) is -0.419. The van der Waals surface area contributed by atoms with Crippen LogP contribution >= 0.6 is 0 Å². The molecule has 2 heterocycles. The summed E-state index contributed by atoms with van der Waals surface area (Å²) in [7, 11) is 0. The Bertz CT molecular complexity index is 447. The molecule has 0 aromatic rings. The average molecular weight is 311 g/mol. The van der Waals surface area contributed by atoms with Crippen LogP contribution in [0.1, 0.15) is 33.6 Å². The van der Waals surface area contributed by atoms with Gasteiger partial charge in [0.2, 0.25) is 12.3 Å². The maximum Gasteiger partial charge on any atom is 0.410 e. The van der Waals surface area contributed by atoms with Gasteiger partial charge in [0, 0.05) is 32.7 Å². The van der Waals surface area contributed by atoms with Gasteiger partial charge in [-0.2, -0.15) is 0 Å². The summed E-state index contributed by atoms with van der Waals surface area (Å²) in [5.41, 5.74) is -0.562. The average Bonchev–Trinajstić information content (AvgIpc) is 2.59. The molecule has 1 atom stereocenters. The zero-order valence-corrected chi connectivity index (χ0v) is 13.6. The quantitative estimate of drug-likeness (QED) is 0.703. The predicted molar refractivity (Wildman–Crippen MR) is 80.2 cm³/mol. The van der Waals surface area contributed by atoms with Crippen molar-refractivity contribution in [1.82, 2.24) is 14.7 Å². The van der Waals surface area contributed by atoms with Crippen LogP contribution in [0.4, 0.5) is 4.79 Å². The van der Waals surface area contributed by atoms with E-state index >= 15 is 0 Å². The summed E-state index contributed by atoms with van der Waals surface area (Å²) in [6.45, 7) is 8.36. The van der Waals surface area contributed by atoms with Gasteiger partial charge in [0.25, 0.3) is 0 Å². The van der Waals surface area contributed by atoms with Gasteiger partial charge in [-0.3, -0.25) is 14.5 Å². The second-order valence-corrected chi connectivity index (χ2v) is 6.80. The van der Waals surface area contributed by atoms with Crippen molar-refractivity contribution >= 4 is 18.4 Å². The van der Waals surface area contributed by atoms with Crippen LogP contribution in [0, 0.1) is 0 Å². The molecule has 0 saturated carbocycles. The lowest BCUT2D eigenvalue weighted by Gasteiger charge is -2.42. The molecular weight excluding hydrogens is 286 g/mol. The van der Waals surface area contributed by atoms with Crippen LogP contribution in [0.5, 0.6) is 0 Å². The highest BCUT2D eigenvalue weighted by Gasteiger charge is 2.41. The first-order valence-electron chi connectivity index (χ1n) is 7.79. The highest BCUT2D eigenvalue weighted by Crippen LogP contribution is 2.23. The Balaban J connectivity index is 1.92. The van der Waals surface area contributed by atoms with Crippen LogP contribution in [0.2, 0.25) is 0 Å². The number of ether oxygens (including phenoxy) is 1. The molecule has 0 aromatic heterocycles. The lowest BCUT2D eigenvalue weighted by molar-refractivity contribution is -0.141. The third kappa shape index (κ3) is 3.90. The first-order valence-corrected chi connectivity index (χ1v) is 7.79. The molecule has 22 heavy (non-hydrogen) atoms. The molecule has 0 N–H and O–H groups in total. The number of carbonyl (C=O) groups excluding carboxylic acids is 3. The second-order valence-electron chi connectivity index (χ2n) is 6.80. The summed E-state index contributed by atoms with van der Waals surface area (Å²) in [5.74, 6) is -0.0372. The van der Waals surface area contributed by atoms with E-state index < -0.39 is 17.7 Å². The fourth-order valence-corrected chi connectivity index (χ4v) is 2.66. The van der Waals surface area contributed by atoms with E-state index in [4.69, 9.17) is 4.74 Å². The summed E-state index contributed by atoms with van der Waals surface area (Å²) >= 11 is 0. The van der Waals surface area contributed by atoms with Crippen LogP contribution in [0.25, 0.3) is 0 Å². The van der Waals surface area contributed by atoms with Gasteiger partial charge < -0.3 is 14.5 Å². The summed E-state index contributed by atoms with van der Waals surface area (Å²) in [4.78, 5) is 40.4. The first-order chi connectivity index (χ1) is 10.3. The van der Waals surface area contributed by atoms with Crippen molar-refractivity contribution in [2.24, 2.45) is 0 Å². The minimum absolute atomic E-state index is 0.0372. The minimum Gasteiger partial charge on any atom is -0.444 e. The van der Waals surface area contributed by atoms with Crippen molar-refractivity contribution < 1.29 is 19.1 Å². The largest absolute Gasteiger partial charge is 0.444 e. The standard InChI is InChI=1S/C15H25N3O4/c1-15(2,3)22-14(21)18-8-5-12(18)13(20)17-7-4-6-16(11-19)9-10-17/h11-12H,4-10H2,1-3H3/t12-/m1/s1. The Morgan fingerprint density at radius 2 is 1.82 bits per heavy atom. The van der Waals surface area contributed by atoms with Crippen molar-refractivity contribution in [1.29, 1.82) is 0 Å². The Morgan fingerprint density at radius 3 is 2.36 bits per heavy atom. The number of nitrogens with zero attached hydrogens (tertiary/aromatic N) is 3. The van der Waals surface area contributed by atoms with E-state index in [1.54, 1.807) is 9.80 Å². The van der Waals surface area contributed by atoms with E-state index in [-0.39, 0.29) is 5.91 Å². The van der Waals surface area contributed by atoms with Gasteiger partial charge in [-0.25, -0.2) is 4.79 Å². The molecule has 0 radical (unpaired) electrons. The molecule has 3 amide bonds. The number of likely N-dealkylation sites (tertiary alicyclic amines) is 1. The molecule has 0 aliphatic carbocycles. The molecule has 2 rings (SSSR count). The topological polar surface area (TPSA) is 70.2 Å². The Morgan fingerprint density at radius 1 is 1.09 bits per heavy atom. The van der Waals surface area contributed by atoms with Gasteiger partial charge in [-0.15, -0.1) is 0 Å².